The maximum absolute atomic E-state index is 14.0. The van der Waals surface area contributed by atoms with Crippen molar-refractivity contribution in [3.63, 3.8) is 0 Å². The molecule has 2 fully saturated rings. The van der Waals surface area contributed by atoms with E-state index in [0.29, 0.717) is 19.6 Å². The Balaban J connectivity index is 1.18. The first-order valence-corrected chi connectivity index (χ1v) is 16.1. The van der Waals surface area contributed by atoms with Crippen LogP contribution in [0.15, 0.2) is 42.9 Å². The number of hydrogen-bond donors (Lipinski definition) is 1. The lowest BCUT2D eigenvalue weighted by atomic mass is 9.82. The Hall–Kier alpha value is -3.70. The van der Waals surface area contributed by atoms with Gasteiger partial charge in [-0.25, -0.2) is 4.98 Å². The lowest BCUT2D eigenvalue weighted by Crippen LogP contribution is -2.55. The molecule has 1 saturated carbocycles. The van der Waals surface area contributed by atoms with Crippen molar-refractivity contribution in [1.29, 1.82) is 0 Å². The third-order valence-corrected chi connectivity index (χ3v) is 9.42. The number of rotatable bonds is 3. The standard InChI is InChI=1S/C33H45N7O4/c1-24-27(21-35-37(24)2)22-38-12-3-4-13-40(33(42)26-9-10-29-30(20-26)44-23-31(41)36-29)15-6-14-39-16-11-34-32(39)25-7-5-8-28(19-25)43-18-17-38/h5,7-8,11,16,19,21,26,29-30H,3-4,6,9-10,12-15,17-18,20,22-23H2,1-2H3,(H,36,41)/t26-,29-,30-/m0/s1. The van der Waals surface area contributed by atoms with Gasteiger partial charge >= 0.3 is 0 Å². The van der Waals surface area contributed by atoms with E-state index in [-0.39, 0.29) is 36.5 Å². The van der Waals surface area contributed by atoms with Crippen molar-refractivity contribution in [1.82, 2.24) is 34.4 Å². The second-order valence-electron chi connectivity index (χ2n) is 12.4. The van der Waals surface area contributed by atoms with E-state index < -0.39 is 0 Å². The van der Waals surface area contributed by atoms with Crippen molar-refractivity contribution in [3.05, 3.63) is 54.1 Å². The lowest BCUT2D eigenvalue weighted by molar-refractivity contribution is -0.146. The highest BCUT2D eigenvalue weighted by Crippen LogP contribution is 2.30. The maximum Gasteiger partial charge on any atom is 0.246 e. The van der Waals surface area contributed by atoms with Crippen molar-refractivity contribution in [3.8, 4) is 17.1 Å². The third-order valence-electron chi connectivity index (χ3n) is 9.42. The number of aryl methyl sites for hydroxylation is 2. The summed E-state index contributed by atoms with van der Waals surface area (Å²) in [4.78, 5) is 34.9. The number of hydrogen-bond acceptors (Lipinski definition) is 7. The molecule has 3 aliphatic rings. The van der Waals surface area contributed by atoms with Crippen LogP contribution in [0.5, 0.6) is 5.75 Å². The molecule has 44 heavy (non-hydrogen) atoms. The molecule has 0 radical (unpaired) electrons. The minimum Gasteiger partial charge on any atom is -0.492 e. The van der Waals surface area contributed by atoms with Gasteiger partial charge in [-0.2, -0.15) is 5.10 Å². The molecule has 2 bridgehead atoms. The highest BCUT2D eigenvalue weighted by Gasteiger charge is 2.39. The summed E-state index contributed by atoms with van der Waals surface area (Å²) in [6, 6.07) is 8.18. The van der Waals surface area contributed by atoms with Crippen LogP contribution in [-0.4, -0.2) is 92.5 Å². The first-order chi connectivity index (χ1) is 21.4. The minimum atomic E-state index is -0.0808. The number of carbonyl (C=O) groups is 2. The summed E-state index contributed by atoms with van der Waals surface area (Å²) in [6.07, 6.45) is 10.7. The van der Waals surface area contributed by atoms with E-state index in [1.54, 1.807) is 0 Å². The molecule has 11 heteroatoms. The van der Waals surface area contributed by atoms with Crippen LogP contribution in [0.4, 0.5) is 0 Å². The zero-order chi connectivity index (χ0) is 30.5. The molecular weight excluding hydrogens is 558 g/mol. The number of ether oxygens (including phenoxy) is 2. The molecule has 0 spiro atoms. The summed E-state index contributed by atoms with van der Waals surface area (Å²) in [6.45, 7) is 7.48. The van der Waals surface area contributed by atoms with Gasteiger partial charge in [0, 0.05) is 74.9 Å². The van der Waals surface area contributed by atoms with Gasteiger partial charge in [0.1, 0.15) is 24.8 Å². The summed E-state index contributed by atoms with van der Waals surface area (Å²) in [5.74, 6) is 1.83. The third kappa shape index (κ3) is 7.15. The zero-order valence-corrected chi connectivity index (χ0v) is 26.0. The quantitative estimate of drug-likeness (QED) is 0.490. The molecule has 6 rings (SSSR count). The molecule has 236 valence electrons. The molecule has 2 amide bonds. The summed E-state index contributed by atoms with van der Waals surface area (Å²) in [5.41, 5.74) is 3.41. The fourth-order valence-corrected chi connectivity index (χ4v) is 6.77. The van der Waals surface area contributed by atoms with Crippen molar-refractivity contribution < 1.29 is 19.1 Å². The zero-order valence-electron chi connectivity index (χ0n) is 26.0. The van der Waals surface area contributed by atoms with Crippen molar-refractivity contribution in [2.45, 2.75) is 70.7 Å². The molecule has 0 unspecified atom stereocenters. The Morgan fingerprint density at radius 2 is 1.95 bits per heavy atom. The first kappa shape index (κ1) is 30.3. The summed E-state index contributed by atoms with van der Waals surface area (Å²) < 4.78 is 16.2. The highest BCUT2D eigenvalue weighted by atomic mass is 16.5. The van der Waals surface area contributed by atoms with E-state index in [9.17, 15) is 9.59 Å². The number of nitrogens with one attached hydrogen (secondary N) is 1. The minimum absolute atomic E-state index is 0.0213. The number of benzene rings is 1. The highest BCUT2D eigenvalue weighted by molar-refractivity contribution is 5.80. The SMILES string of the molecule is Cc1c(CN2CCCCN(C(=O)[C@H]3CC[C@@H]4NC(=O)CO[C@H]4C3)CCCn3ccnc3-c3cccc(c3)OCC2)cnn1C. The molecule has 1 N–H and O–H groups in total. The van der Waals surface area contributed by atoms with Crippen LogP contribution in [0.2, 0.25) is 0 Å². The molecule has 2 aromatic heterocycles. The van der Waals surface area contributed by atoms with Crippen LogP contribution in [-0.2, 0) is 34.5 Å². The van der Waals surface area contributed by atoms with Gasteiger partial charge in [0.2, 0.25) is 11.8 Å². The summed E-state index contributed by atoms with van der Waals surface area (Å²) in [7, 11) is 1.98. The van der Waals surface area contributed by atoms with E-state index >= 15 is 0 Å². The molecular formula is C33H45N7O4. The second-order valence-corrected chi connectivity index (χ2v) is 12.4. The van der Waals surface area contributed by atoms with Gasteiger partial charge in [-0.15, -0.1) is 0 Å². The van der Waals surface area contributed by atoms with Gasteiger partial charge in [-0.3, -0.25) is 19.2 Å². The van der Waals surface area contributed by atoms with Crippen molar-refractivity contribution in [2.75, 3.05) is 39.4 Å². The molecule has 4 heterocycles. The van der Waals surface area contributed by atoms with Crippen LogP contribution < -0.4 is 10.1 Å². The molecule has 3 atom stereocenters. The summed E-state index contributed by atoms with van der Waals surface area (Å²) in [5, 5.41) is 7.49. The average molecular weight is 604 g/mol. The van der Waals surface area contributed by atoms with E-state index in [1.165, 1.54) is 11.3 Å². The summed E-state index contributed by atoms with van der Waals surface area (Å²) >= 11 is 0. The predicted octanol–water partition coefficient (Wildman–Crippen LogP) is 3.17. The van der Waals surface area contributed by atoms with Crippen LogP contribution in [0.3, 0.4) is 0 Å². The van der Waals surface area contributed by atoms with E-state index in [0.717, 1.165) is 82.0 Å². The van der Waals surface area contributed by atoms with E-state index in [2.05, 4.69) is 48.8 Å². The van der Waals surface area contributed by atoms with Gasteiger partial charge in [0.05, 0.1) is 18.3 Å². The average Bonchev–Trinajstić information content (AvgIpc) is 3.63. The molecule has 1 aliphatic carbocycles. The number of amides is 2. The largest absolute Gasteiger partial charge is 0.492 e. The van der Waals surface area contributed by atoms with Gasteiger partial charge in [-0.05, 0) is 64.1 Å². The second kappa shape index (κ2) is 13.9. The normalized spacial score (nSPS) is 24.0. The Morgan fingerprint density at radius 3 is 2.82 bits per heavy atom. The number of aromatic nitrogens is 4. The monoisotopic (exact) mass is 603 g/mol. The number of carbonyl (C=O) groups excluding carboxylic acids is 2. The fraction of sp³-hybridized carbons (Fsp3) is 0.576. The van der Waals surface area contributed by atoms with Crippen LogP contribution >= 0.6 is 0 Å². The molecule has 3 aromatic rings. The predicted molar refractivity (Wildman–Crippen MR) is 166 cm³/mol. The molecule has 11 nitrogen and oxygen atoms in total. The fourth-order valence-electron chi connectivity index (χ4n) is 6.77. The number of imidazole rings is 1. The first-order valence-electron chi connectivity index (χ1n) is 16.1. The van der Waals surface area contributed by atoms with Crippen molar-refractivity contribution >= 4 is 11.8 Å². The number of morpholine rings is 1. The lowest BCUT2D eigenvalue weighted by Gasteiger charge is -2.40. The Bertz CT molecular complexity index is 1430. The van der Waals surface area contributed by atoms with Crippen LogP contribution in [0.1, 0.15) is 49.8 Å². The van der Waals surface area contributed by atoms with Gasteiger partial charge < -0.3 is 24.3 Å². The molecule has 1 aromatic carbocycles. The van der Waals surface area contributed by atoms with Gasteiger partial charge in [0.15, 0.2) is 0 Å². The van der Waals surface area contributed by atoms with E-state index in [1.807, 2.05) is 42.5 Å². The van der Waals surface area contributed by atoms with Gasteiger partial charge in [0.25, 0.3) is 0 Å². The maximum atomic E-state index is 14.0. The smallest absolute Gasteiger partial charge is 0.246 e. The topological polar surface area (TPSA) is 107 Å². The van der Waals surface area contributed by atoms with Crippen LogP contribution in [0.25, 0.3) is 11.4 Å². The Kier molecular flexibility index (Phi) is 9.61. The number of nitrogens with zero attached hydrogens (tertiary/aromatic N) is 6. The Labute approximate surface area is 259 Å². The van der Waals surface area contributed by atoms with E-state index in [4.69, 9.17) is 9.47 Å². The van der Waals surface area contributed by atoms with Crippen LogP contribution in [0, 0.1) is 12.8 Å². The molecule has 1 saturated heterocycles. The molecule has 2 aliphatic heterocycles. The van der Waals surface area contributed by atoms with Gasteiger partial charge in [-0.1, -0.05) is 12.1 Å². The Morgan fingerprint density at radius 1 is 1.09 bits per heavy atom. The van der Waals surface area contributed by atoms with Crippen molar-refractivity contribution in [2.24, 2.45) is 13.0 Å². The number of fused-ring (bicyclic) bond motifs is 5.